The zero-order valence-electron chi connectivity index (χ0n) is 16.6. The molecule has 4 nitrogen and oxygen atoms in total. The molecule has 4 heteroatoms. The summed E-state index contributed by atoms with van der Waals surface area (Å²) in [6.45, 7) is 12.8. The lowest BCUT2D eigenvalue weighted by Gasteiger charge is -2.31. The molecule has 1 aromatic carbocycles. The van der Waals surface area contributed by atoms with E-state index in [0.29, 0.717) is 12.6 Å². The number of benzene rings is 1. The molecule has 0 spiro atoms. The Bertz CT molecular complexity index is 714. The minimum absolute atomic E-state index is 0.503. The molecule has 2 aromatic rings. The van der Waals surface area contributed by atoms with Crippen molar-refractivity contribution in [3.8, 4) is 5.75 Å². The summed E-state index contributed by atoms with van der Waals surface area (Å²) in [5.74, 6) is 0.974. The summed E-state index contributed by atoms with van der Waals surface area (Å²) in [5.41, 5.74) is 4.64. The predicted octanol–water partition coefficient (Wildman–Crippen LogP) is 4.02. The quantitative estimate of drug-likeness (QED) is 0.717. The highest BCUT2D eigenvalue weighted by atomic mass is 16.5. The van der Waals surface area contributed by atoms with Crippen molar-refractivity contribution in [3.63, 3.8) is 0 Å². The lowest BCUT2D eigenvalue weighted by atomic mass is 10.0. The van der Waals surface area contributed by atoms with Gasteiger partial charge in [0.2, 0.25) is 0 Å². The van der Waals surface area contributed by atoms with E-state index < -0.39 is 0 Å². The Kier molecular flexibility index (Phi) is 7.02. The number of nitrogens with zero attached hydrogens (tertiary/aromatic N) is 2. The van der Waals surface area contributed by atoms with Crippen LogP contribution in [0.4, 0.5) is 0 Å². The van der Waals surface area contributed by atoms with Crippen LogP contribution in [-0.4, -0.2) is 35.6 Å². The normalized spacial score (nSPS) is 15.6. The summed E-state index contributed by atoms with van der Waals surface area (Å²) in [4.78, 5) is 6.79. The molecule has 3 rings (SSSR count). The first-order valence-electron chi connectivity index (χ1n) is 9.85. The fourth-order valence-corrected chi connectivity index (χ4v) is 3.76. The van der Waals surface area contributed by atoms with Gasteiger partial charge in [0.1, 0.15) is 12.4 Å². The molecule has 144 valence electrons. The lowest BCUT2D eigenvalue weighted by molar-refractivity contribution is 0.214. The third-order valence-electron chi connectivity index (χ3n) is 5.18. The summed E-state index contributed by atoms with van der Waals surface area (Å²) < 4.78 is 6.04. The molecular weight excluding hydrogens is 334 g/mol. The van der Waals surface area contributed by atoms with E-state index in [-0.39, 0.29) is 0 Å². The van der Waals surface area contributed by atoms with E-state index >= 15 is 0 Å². The second-order valence-corrected chi connectivity index (χ2v) is 7.41. The minimum atomic E-state index is 0.503. The molecule has 1 saturated heterocycles. The van der Waals surface area contributed by atoms with Crippen molar-refractivity contribution in [1.29, 1.82) is 0 Å². The van der Waals surface area contributed by atoms with Gasteiger partial charge < -0.3 is 10.1 Å². The average Bonchev–Trinajstić information content (AvgIpc) is 2.68. The van der Waals surface area contributed by atoms with E-state index in [2.05, 4.69) is 47.8 Å². The molecular formula is C23H31N3O. The third-order valence-corrected chi connectivity index (χ3v) is 5.18. The molecule has 2 heterocycles. The van der Waals surface area contributed by atoms with Crippen LogP contribution >= 0.6 is 0 Å². The number of ether oxygens (including phenoxy) is 1. The van der Waals surface area contributed by atoms with Crippen LogP contribution in [0.2, 0.25) is 0 Å². The molecule has 0 radical (unpaired) electrons. The Hall–Kier alpha value is -2.17. The van der Waals surface area contributed by atoms with Crippen molar-refractivity contribution in [1.82, 2.24) is 15.2 Å². The maximum Gasteiger partial charge on any atom is 0.130 e. The predicted molar refractivity (Wildman–Crippen MR) is 111 cm³/mol. The Morgan fingerprint density at radius 3 is 2.59 bits per heavy atom. The van der Waals surface area contributed by atoms with E-state index in [1.165, 1.54) is 29.5 Å². The van der Waals surface area contributed by atoms with Gasteiger partial charge in [-0.1, -0.05) is 24.3 Å². The Morgan fingerprint density at radius 1 is 1.22 bits per heavy atom. The van der Waals surface area contributed by atoms with Gasteiger partial charge in [0, 0.05) is 25.3 Å². The van der Waals surface area contributed by atoms with E-state index in [1.807, 2.05) is 24.3 Å². The van der Waals surface area contributed by atoms with Gasteiger partial charge in [-0.3, -0.25) is 9.88 Å². The number of nitrogens with one attached hydrogen (secondary N) is 1. The zero-order valence-corrected chi connectivity index (χ0v) is 16.6. The van der Waals surface area contributed by atoms with Crippen LogP contribution in [0.5, 0.6) is 5.75 Å². The van der Waals surface area contributed by atoms with Crippen LogP contribution in [0, 0.1) is 13.8 Å². The fraction of sp³-hybridized carbons (Fsp3) is 0.435. The summed E-state index contributed by atoms with van der Waals surface area (Å²) in [5, 5.41) is 3.73. The highest BCUT2D eigenvalue weighted by Gasteiger charge is 2.18. The van der Waals surface area contributed by atoms with Gasteiger partial charge in [-0.2, -0.15) is 0 Å². The van der Waals surface area contributed by atoms with Crippen molar-refractivity contribution in [3.05, 3.63) is 71.6 Å². The Labute approximate surface area is 163 Å². The second kappa shape index (κ2) is 9.67. The van der Waals surface area contributed by atoms with Gasteiger partial charge in [-0.05, 0) is 68.6 Å². The molecule has 1 N–H and O–H groups in total. The average molecular weight is 366 g/mol. The zero-order chi connectivity index (χ0) is 19.1. The highest BCUT2D eigenvalue weighted by molar-refractivity contribution is 5.43. The van der Waals surface area contributed by atoms with Crippen molar-refractivity contribution in [2.75, 3.05) is 19.6 Å². The van der Waals surface area contributed by atoms with Gasteiger partial charge >= 0.3 is 0 Å². The standard InChI is InChI=1S/C23H31N3O/c1-4-11-26-12-8-21(9-13-26)25-16-20-14-18(2)23(19(3)15-20)27-17-22-7-5-6-10-24-22/h4-7,10,14-15,21,25H,1,8-9,11-13,16-17H2,2-3H3. The molecule has 1 fully saturated rings. The Morgan fingerprint density at radius 2 is 1.96 bits per heavy atom. The molecule has 1 aliphatic rings. The minimum Gasteiger partial charge on any atom is -0.487 e. The van der Waals surface area contributed by atoms with Crippen LogP contribution in [0.25, 0.3) is 0 Å². The largest absolute Gasteiger partial charge is 0.487 e. The number of pyridine rings is 1. The molecule has 0 aliphatic carbocycles. The maximum absolute atomic E-state index is 6.04. The van der Waals surface area contributed by atoms with E-state index in [1.54, 1.807) is 6.20 Å². The van der Waals surface area contributed by atoms with E-state index in [4.69, 9.17) is 4.74 Å². The molecule has 1 aromatic heterocycles. The van der Waals surface area contributed by atoms with Gasteiger partial charge in [0.05, 0.1) is 5.69 Å². The topological polar surface area (TPSA) is 37.4 Å². The van der Waals surface area contributed by atoms with Crippen molar-refractivity contribution in [2.24, 2.45) is 0 Å². The van der Waals surface area contributed by atoms with Crippen LogP contribution in [0.15, 0.2) is 49.2 Å². The number of rotatable bonds is 8. The fourth-order valence-electron chi connectivity index (χ4n) is 3.76. The summed E-state index contributed by atoms with van der Waals surface area (Å²) in [6, 6.07) is 11.0. The first-order chi connectivity index (χ1) is 13.2. The smallest absolute Gasteiger partial charge is 0.130 e. The molecule has 0 bridgehead atoms. The molecule has 1 aliphatic heterocycles. The number of hydrogen-bond acceptors (Lipinski definition) is 4. The summed E-state index contributed by atoms with van der Waals surface area (Å²) >= 11 is 0. The maximum atomic E-state index is 6.04. The van der Waals surface area contributed by atoms with E-state index in [0.717, 1.165) is 37.6 Å². The lowest BCUT2D eigenvalue weighted by Crippen LogP contribution is -2.42. The molecule has 0 unspecified atom stereocenters. The van der Waals surface area contributed by atoms with Crippen molar-refractivity contribution < 1.29 is 4.74 Å². The number of aryl methyl sites for hydroxylation is 2. The summed E-state index contributed by atoms with van der Waals surface area (Å²) in [7, 11) is 0. The van der Waals surface area contributed by atoms with Gasteiger partial charge in [-0.15, -0.1) is 6.58 Å². The van der Waals surface area contributed by atoms with Crippen LogP contribution in [0.1, 0.15) is 35.2 Å². The first kappa shape index (κ1) is 19.6. The number of piperidine rings is 1. The molecule has 27 heavy (non-hydrogen) atoms. The first-order valence-corrected chi connectivity index (χ1v) is 9.85. The molecule has 0 amide bonds. The van der Waals surface area contributed by atoms with Crippen LogP contribution < -0.4 is 10.1 Å². The highest BCUT2D eigenvalue weighted by Crippen LogP contribution is 2.26. The second-order valence-electron chi connectivity index (χ2n) is 7.41. The van der Waals surface area contributed by atoms with Crippen molar-refractivity contribution >= 4 is 0 Å². The SMILES string of the molecule is C=CCN1CCC(NCc2cc(C)c(OCc3ccccn3)c(C)c2)CC1. The molecule has 0 atom stereocenters. The summed E-state index contributed by atoms with van der Waals surface area (Å²) in [6.07, 6.45) is 6.21. The van der Waals surface area contributed by atoms with Crippen LogP contribution in [-0.2, 0) is 13.2 Å². The Balaban J connectivity index is 1.53. The van der Waals surface area contributed by atoms with Crippen molar-refractivity contribution in [2.45, 2.75) is 45.9 Å². The van der Waals surface area contributed by atoms with Gasteiger partial charge in [-0.25, -0.2) is 0 Å². The number of likely N-dealkylation sites (tertiary alicyclic amines) is 1. The monoisotopic (exact) mass is 365 g/mol. The molecule has 0 saturated carbocycles. The van der Waals surface area contributed by atoms with Gasteiger partial charge in [0.15, 0.2) is 0 Å². The number of aromatic nitrogens is 1. The number of hydrogen-bond donors (Lipinski definition) is 1. The van der Waals surface area contributed by atoms with Gasteiger partial charge in [0.25, 0.3) is 0 Å². The third kappa shape index (κ3) is 5.65. The van der Waals surface area contributed by atoms with Crippen LogP contribution in [0.3, 0.4) is 0 Å². The van der Waals surface area contributed by atoms with E-state index in [9.17, 15) is 0 Å².